The van der Waals surface area contributed by atoms with Crippen molar-refractivity contribution in [2.45, 2.75) is 58.7 Å². The third-order valence-electron chi connectivity index (χ3n) is 3.68. The Bertz CT molecular complexity index is 427. The Labute approximate surface area is 114 Å². The summed E-state index contributed by atoms with van der Waals surface area (Å²) in [5.41, 5.74) is 4.24. The van der Waals surface area contributed by atoms with E-state index in [-0.39, 0.29) is 0 Å². The van der Waals surface area contributed by atoms with Crippen molar-refractivity contribution >= 4 is 5.97 Å². The van der Waals surface area contributed by atoms with Crippen LogP contribution in [0.5, 0.6) is 0 Å². The summed E-state index contributed by atoms with van der Waals surface area (Å²) in [6.45, 7) is 3.26. The molecule has 1 atom stereocenters. The molecular formula is C16H22O3. The molecular weight excluding hydrogens is 240 g/mol. The van der Waals surface area contributed by atoms with E-state index < -0.39 is 12.3 Å². The molecule has 19 heavy (non-hydrogen) atoms. The van der Waals surface area contributed by atoms with Crippen molar-refractivity contribution in [2.75, 3.05) is 0 Å². The first kappa shape index (κ1) is 14.1. The lowest BCUT2D eigenvalue weighted by atomic mass is 9.92. The number of carbonyl (C=O) groups excluding carboxylic acids is 1. The van der Waals surface area contributed by atoms with Crippen molar-refractivity contribution in [1.82, 2.24) is 0 Å². The van der Waals surface area contributed by atoms with Gasteiger partial charge in [-0.05, 0) is 69.1 Å². The number of allylic oxidation sites excluding steroid dienone is 5. The Kier molecular flexibility index (Phi) is 4.59. The fourth-order valence-corrected chi connectivity index (χ4v) is 2.83. The maximum Gasteiger partial charge on any atom is 0.336 e. The van der Waals surface area contributed by atoms with E-state index in [9.17, 15) is 9.90 Å². The number of hydrogen-bond donors (Lipinski definition) is 1. The van der Waals surface area contributed by atoms with Gasteiger partial charge in [-0.3, -0.25) is 0 Å². The molecule has 0 saturated heterocycles. The first-order valence-electron chi connectivity index (χ1n) is 7.08. The summed E-state index contributed by atoms with van der Waals surface area (Å²) in [6.07, 6.45) is 9.96. The Hall–Kier alpha value is -1.35. The highest BCUT2D eigenvalue weighted by atomic mass is 16.6. The molecule has 2 aliphatic carbocycles. The van der Waals surface area contributed by atoms with Crippen molar-refractivity contribution in [3.05, 3.63) is 34.4 Å². The van der Waals surface area contributed by atoms with Gasteiger partial charge in [-0.2, -0.15) is 0 Å². The summed E-state index contributed by atoms with van der Waals surface area (Å²) in [6, 6.07) is 0. The first-order chi connectivity index (χ1) is 9.09. The molecule has 1 N–H and O–H groups in total. The van der Waals surface area contributed by atoms with Crippen molar-refractivity contribution in [3.8, 4) is 0 Å². The fraction of sp³-hybridized carbons (Fsp3) is 0.562. The van der Waals surface area contributed by atoms with Gasteiger partial charge in [0, 0.05) is 5.57 Å². The monoisotopic (exact) mass is 262 g/mol. The second-order valence-corrected chi connectivity index (χ2v) is 5.25. The lowest BCUT2D eigenvalue weighted by Gasteiger charge is -2.15. The quantitative estimate of drug-likeness (QED) is 0.480. The Morgan fingerprint density at radius 3 is 2.11 bits per heavy atom. The summed E-state index contributed by atoms with van der Waals surface area (Å²) in [4.78, 5) is 12.0. The van der Waals surface area contributed by atoms with E-state index in [0.29, 0.717) is 5.57 Å². The van der Waals surface area contributed by atoms with Gasteiger partial charge in [0.05, 0.1) is 0 Å². The van der Waals surface area contributed by atoms with Crippen LogP contribution in [0.15, 0.2) is 34.4 Å². The molecule has 0 aromatic heterocycles. The van der Waals surface area contributed by atoms with E-state index in [2.05, 4.69) is 12.2 Å². The lowest BCUT2D eigenvalue weighted by molar-refractivity contribution is -0.159. The number of aliphatic hydroxyl groups excluding tert-OH is 1. The van der Waals surface area contributed by atoms with Crippen molar-refractivity contribution in [2.24, 2.45) is 0 Å². The van der Waals surface area contributed by atoms with Gasteiger partial charge >= 0.3 is 5.97 Å². The smallest absolute Gasteiger partial charge is 0.336 e. The van der Waals surface area contributed by atoms with Crippen LogP contribution in [0.25, 0.3) is 0 Å². The maximum atomic E-state index is 12.0. The third kappa shape index (κ3) is 3.35. The molecule has 0 spiro atoms. The summed E-state index contributed by atoms with van der Waals surface area (Å²) in [7, 11) is 0. The summed E-state index contributed by atoms with van der Waals surface area (Å²) < 4.78 is 4.92. The predicted octanol–water partition coefficient (Wildman–Crippen LogP) is 3.41. The average Bonchev–Trinajstić information content (AvgIpc) is 3.00. The van der Waals surface area contributed by atoms with Gasteiger partial charge in [0.1, 0.15) is 0 Å². The highest BCUT2D eigenvalue weighted by molar-refractivity contribution is 5.91. The van der Waals surface area contributed by atoms with Gasteiger partial charge in [-0.1, -0.05) is 12.2 Å². The minimum atomic E-state index is -1.06. The number of esters is 1. The maximum absolute atomic E-state index is 12.0. The molecule has 3 nitrogen and oxygen atoms in total. The van der Waals surface area contributed by atoms with Crippen molar-refractivity contribution in [3.63, 3.8) is 0 Å². The zero-order chi connectivity index (χ0) is 13.8. The SMILES string of the molecule is CC(C(=O)OC(C)O)=C(C1=CCCC1)C1=CCCC1. The zero-order valence-corrected chi connectivity index (χ0v) is 11.7. The Balaban J connectivity index is 2.32. The number of aliphatic hydroxyl groups is 1. The first-order valence-corrected chi connectivity index (χ1v) is 7.08. The van der Waals surface area contributed by atoms with Crippen LogP contribution < -0.4 is 0 Å². The normalized spacial score (nSPS) is 19.7. The van der Waals surface area contributed by atoms with Crippen LogP contribution >= 0.6 is 0 Å². The minimum absolute atomic E-state index is 0.411. The molecule has 3 heteroatoms. The minimum Gasteiger partial charge on any atom is -0.433 e. The van der Waals surface area contributed by atoms with Crippen LogP contribution in [-0.2, 0) is 9.53 Å². The topological polar surface area (TPSA) is 46.5 Å². The largest absolute Gasteiger partial charge is 0.433 e. The number of ether oxygens (including phenoxy) is 1. The van der Waals surface area contributed by atoms with Crippen LogP contribution in [-0.4, -0.2) is 17.4 Å². The van der Waals surface area contributed by atoms with Crippen molar-refractivity contribution < 1.29 is 14.6 Å². The van der Waals surface area contributed by atoms with Gasteiger partial charge in [-0.15, -0.1) is 0 Å². The Morgan fingerprint density at radius 2 is 1.74 bits per heavy atom. The zero-order valence-electron chi connectivity index (χ0n) is 11.7. The average molecular weight is 262 g/mol. The molecule has 1 unspecified atom stereocenters. The van der Waals surface area contributed by atoms with Crippen LogP contribution in [0.2, 0.25) is 0 Å². The molecule has 0 radical (unpaired) electrons. The van der Waals surface area contributed by atoms with E-state index in [1.807, 2.05) is 0 Å². The second-order valence-electron chi connectivity index (χ2n) is 5.25. The third-order valence-corrected chi connectivity index (χ3v) is 3.68. The van der Waals surface area contributed by atoms with Gasteiger partial charge in [0.25, 0.3) is 0 Å². The highest BCUT2D eigenvalue weighted by Gasteiger charge is 2.22. The van der Waals surface area contributed by atoms with Crippen LogP contribution in [0.1, 0.15) is 52.4 Å². The second kappa shape index (κ2) is 6.20. The molecule has 0 aliphatic heterocycles. The molecule has 0 fully saturated rings. The standard InChI is InChI=1S/C16H22O3/c1-11(16(18)19-12(2)17)15(13-7-3-4-8-13)14-9-5-6-10-14/h7,9,12,17H,3-6,8,10H2,1-2H3. The van der Waals surface area contributed by atoms with E-state index in [1.165, 1.54) is 18.1 Å². The molecule has 0 aromatic carbocycles. The number of rotatable bonds is 4. The molecule has 2 aliphatic rings. The summed E-state index contributed by atoms with van der Waals surface area (Å²) in [5, 5.41) is 9.19. The molecule has 0 heterocycles. The number of carbonyl (C=O) groups is 1. The molecule has 0 bridgehead atoms. The van der Waals surface area contributed by atoms with Crippen LogP contribution in [0.3, 0.4) is 0 Å². The van der Waals surface area contributed by atoms with Gasteiger partial charge in [0.2, 0.25) is 0 Å². The molecule has 0 saturated carbocycles. The molecule has 2 rings (SSSR count). The van der Waals surface area contributed by atoms with Gasteiger partial charge in [-0.25, -0.2) is 4.79 Å². The highest BCUT2D eigenvalue weighted by Crippen LogP contribution is 2.36. The van der Waals surface area contributed by atoms with Gasteiger partial charge in [0.15, 0.2) is 6.29 Å². The number of hydrogen-bond acceptors (Lipinski definition) is 3. The van der Waals surface area contributed by atoms with Crippen molar-refractivity contribution in [1.29, 1.82) is 0 Å². The van der Waals surface area contributed by atoms with E-state index in [1.54, 1.807) is 6.92 Å². The van der Waals surface area contributed by atoms with E-state index in [0.717, 1.165) is 44.1 Å². The summed E-state index contributed by atoms with van der Waals surface area (Å²) in [5.74, 6) is -0.411. The molecule has 0 amide bonds. The van der Waals surface area contributed by atoms with E-state index in [4.69, 9.17) is 4.74 Å². The van der Waals surface area contributed by atoms with E-state index >= 15 is 0 Å². The lowest BCUT2D eigenvalue weighted by Crippen LogP contribution is -2.16. The molecule has 104 valence electrons. The summed E-state index contributed by atoms with van der Waals surface area (Å²) >= 11 is 0. The predicted molar refractivity (Wildman–Crippen MR) is 74.3 cm³/mol. The van der Waals surface area contributed by atoms with Crippen LogP contribution in [0.4, 0.5) is 0 Å². The Morgan fingerprint density at radius 1 is 1.21 bits per heavy atom. The molecule has 0 aromatic rings. The fourth-order valence-electron chi connectivity index (χ4n) is 2.83. The van der Waals surface area contributed by atoms with Gasteiger partial charge < -0.3 is 9.84 Å². The van der Waals surface area contributed by atoms with Crippen LogP contribution in [0, 0.1) is 0 Å².